The number of methoxy groups -OCH3 is 1. The quantitative estimate of drug-likeness (QED) is 0.931. The number of halogens is 1. The zero-order valence-electron chi connectivity index (χ0n) is 12.4. The minimum atomic E-state index is 0. The number of fused-ring (bicyclic) bond motifs is 2. The summed E-state index contributed by atoms with van der Waals surface area (Å²) in [6, 6.07) is 8.56. The van der Waals surface area contributed by atoms with Crippen molar-refractivity contribution in [2.24, 2.45) is 0 Å². The van der Waals surface area contributed by atoms with Crippen LogP contribution in [0.4, 0.5) is 0 Å². The molecule has 2 unspecified atom stereocenters. The van der Waals surface area contributed by atoms with Crippen LogP contribution < -0.4 is 5.32 Å². The zero-order valence-corrected chi connectivity index (χ0v) is 13.2. The van der Waals surface area contributed by atoms with E-state index < -0.39 is 0 Å². The molecule has 2 atom stereocenters. The van der Waals surface area contributed by atoms with Crippen LogP contribution in [0.1, 0.15) is 35.2 Å². The highest BCUT2D eigenvalue weighted by Crippen LogP contribution is 2.30. The van der Waals surface area contributed by atoms with Gasteiger partial charge >= 0.3 is 0 Å². The summed E-state index contributed by atoms with van der Waals surface area (Å²) in [6.45, 7) is 2.43. The van der Waals surface area contributed by atoms with E-state index in [4.69, 9.17) is 4.74 Å². The van der Waals surface area contributed by atoms with Crippen LogP contribution in [-0.4, -0.2) is 43.1 Å². The van der Waals surface area contributed by atoms with Gasteiger partial charge in [-0.2, -0.15) is 0 Å². The number of ether oxygens (including phenoxy) is 1. The molecule has 1 aromatic carbocycles. The molecule has 4 nitrogen and oxygen atoms in total. The van der Waals surface area contributed by atoms with Crippen molar-refractivity contribution in [1.82, 2.24) is 10.2 Å². The molecule has 1 amide bonds. The van der Waals surface area contributed by atoms with E-state index in [1.165, 1.54) is 0 Å². The third-order valence-electron chi connectivity index (χ3n) is 4.44. The molecule has 0 saturated carbocycles. The van der Waals surface area contributed by atoms with E-state index in [0.29, 0.717) is 18.7 Å². The summed E-state index contributed by atoms with van der Waals surface area (Å²) in [4.78, 5) is 15.1. The van der Waals surface area contributed by atoms with Crippen LogP contribution in [0.15, 0.2) is 24.3 Å². The molecular weight excluding hydrogens is 288 g/mol. The third kappa shape index (κ3) is 3.23. The average molecular weight is 311 g/mol. The van der Waals surface area contributed by atoms with Gasteiger partial charge in [-0.25, -0.2) is 0 Å². The first-order valence-electron chi connectivity index (χ1n) is 7.41. The highest BCUT2D eigenvalue weighted by atomic mass is 35.5. The van der Waals surface area contributed by atoms with Crippen molar-refractivity contribution >= 4 is 18.3 Å². The Hall–Kier alpha value is -1.10. The predicted molar refractivity (Wildman–Crippen MR) is 84.9 cm³/mol. The van der Waals surface area contributed by atoms with Gasteiger partial charge in [-0.3, -0.25) is 4.79 Å². The third-order valence-corrected chi connectivity index (χ3v) is 4.44. The van der Waals surface area contributed by atoms with Crippen molar-refractivity contribution in [3.05, 3.63) is 35.4 Å². The lowest BCUT2D eigenvalue weighted by atomic mass is 10.1. The minimum Gasteiger partial charge on any atom is -0.380 e. The fraction of sp³-hybridized carbons (Fsp3) is 0.562. The summed E-state index contributed by atoms with van der Waals surface area (Å²) in [5, 5.41) is 3.44. The number of carbonyl (C=O) groups is 1. The van der Waals surface area contributed by atoms with Crippen LogP contribution in [0.5, 0.6) is 0 Å². The number of hydrogen-bond acceptors (Lipinski definition) is 3. The second-order valence-corrected chi connectivity index (χ2v) is 5.68. The van der Waals surface area contributed by atoms with E-state index in [2.05, 4.69) is 10.2 Å². The van der Waals surface area contributed by atoms with Crippen LogP contribution in [0.2, 0.25) is 0 Å². The lowest BCUT2D eigenvalue weighted by Gasteiger charge is -2.28. The number of amides is 1. The fourth-order valence-electron chi connectivity index (χ4n) is 3.46. The summed E-state index contributed by atoms with van der Waals surface area (Å²) in [6.07, 6.45) is 3.33. The van der Waals surface area contributed by atoms with Gasteiger partial charge in [0.25, 0.3) is 5.91 Å². The molecule has 0 spiro atoms. The van der Waals surface area contributed by atoms with Gasteiger partial charge in [0.05, 0.1) is 6.61 Å². The maximum absolute atomic E-state index is 13.0. The Morgan fingerprint density at radius 2 is 2.05 bits per heavy atom. The fourth-order valence-corrected chi connectivity index (χ4v) is 3.46. The lowest BCUT2D eigenvalue weighted by Crippen LogP contribution is -2.42. The van der Waals surface area contributed by atoms with Gasteiger partial charge in [0.15, 0.2) is 0 Å². The van der Waals surface area contributed by atoms with Crippen molar-refractivity contribution in [3.63, 3.8) is 0 Å². The monoisotopic (exact) mass is 310 g/mol. The number of hydrogen-bond donors (Lipinski definition) is 1. The van der Waals surface area contributed by atoms with Gasteiger partial charge in [-0.15, -0.1) is 12.4 Å². The Kier molecular flexibility index (Phi) is 5.62. The Labute approximate surface area is 132 Å². The molecule has 1 N–H and O–H groups in total. The molecule has 116 valence electrons. The van der Waals surface area contributed by atoms with E-state index in [1.54, 1.807) is 7.11 Å². The lowest BCUT2D eigenvalue weighted by molar-refractivity contribution is 0.0675. The molecule has 2 heterocycles. The van der Waals surface area contributed by atoms with Crippen molar-refractivity contribution in [1.29, 1.82) is 0 Å². The molecule has 2 aliphatic heterocycles. The Morgan fingerprint density at radius 3 is 2.86 bits per heavy atom. The average Bonchev–Trinajstić information content (AvgIpc) is 2.72. The van der Waals surface area contributed by atoms with Crippen LogP contribution in [0.25, 0.3) is 0 Å². The van der Waals surface area contributed by atoms with Crippen molar-refractivity contribution in [2.75, 3.05) is 20.2 Å². The van der Waals surface area contributed by atoms with Crippen LogP contribution >= 0.6 is 12.4 Å². The molecular formula is C16H23ClN2O2. The maximum Gasteiger partial charge on any atom is 0.254 e. The van der Waals surface area contributed by atoms with Crippen molar-refractivity contribution < 1.29 is 9.53 Å². The predicted octanol–water partition coefficient (Wildman–Crippen LogP) is 2.22. The molecule has 3 rings (SSSR count). The van der Waals surface area contributed by atoms with E-state index in [0.717, 1.165) is 43.5 Å². The van der Waals surface area contributed by atoms with E-state index in [9.17, 15) is 4.79 Å². The summed E-state index contributed by atoms with van der Waals surface area (Å²) < 4.78 is 5.22. The van der Waals surface area contributed by atoms with Gasteiger partial charge < -0.3 is 15.0 Å². The second kappa shape index (κ2) is 7.25. The van der Waals surface area contributed by atoms with Crippen LogP contribution in [0.3, 0.4) is 0 Å². The highest BCUT2D eigenvalue weighted by molar-refractivity contribution is 5.96. The standard InChI is InChI=1S/C16H22N2O2.ClH/c1-20-11-12-4-2-3-5-15(12)16(19)18-13-6-7-14(18)10-17-9-8-13;/h2-5,13-14,17H,6-11H2,1H3;1H. The number of rotatable bonds is 3. The van der Waals surface area contributed by atoms with Crippen LogP contribution in [-0.2, 0) is 11.3 Å². The Morgan fingerprint density at radius 1 is 1.29 bits per heavy atom. The molecule has 5 heteroatoms. The van der Waals surface area contributed by atoms with Crippen molar-refractivity contribution in [3.8, 4) is 0 Å². The normalized spacial score (nSPS) is 24.3. The molecule has 2 aliphatic rings. The summed E-state index contributed by atoms with van der Waals surface area (Å²) in [5.74, 6) is 0.175. The van der Waals surface area contributed by atoms with Crippen LogP contribution in [0, 0.1) is 0 Å². The van der Waals surface area contributed by atoms with Gasteiger partial charge in [0, 0.05) is 31.3 Å². The first-order chi connectivity index (χ1) is 9.81. The molecule has 0 aliphatic carbocycles. The van der Waals surface area contributed by atoms with E-state index in [-0.39, 0.29) is 18.3 Å². The Balaban J connectivity index is 0.00000161. The first kappa shape index (κ1) is 16.3. The van der Waals surface area contributed by atoms with E-state index >= 15 is 0 Å². The maximum atomic E-state index is 13.0. The largest absolute Gasteiger partial charge is 0.380 e. The number of nitrogens with zero attached hydrogens (tertiary/aromatic N) is 1. The minimum absolute atomic E-state index is 0. The van der Waals surface area contributed by atoms with E-state index in [1.807, 2.05) is 24.3 Å². The SMILES string of the molecule is COCc1ccccc1C(=O)N1C2CCNCC1CC2.Cl. The number of benzene rings is 1. The highest BCUT2D eigenvalue weighted by Gasteiger charge is 2.38. The second-order valence-electron chi connectivity index (χ2n) is 5.68. The summed E-state index contributed by atoms with van der Waals surface area (Å²) in [5.41, 5.74) is 1.78. The van der Waals surface area contributed by atoms with Gasteiger partial charge in [0.1, 0.15) is 0 Å². The molecule has 21 heavy (non-hydrogen) atoms. The summed E-state index contributed by atoms with van der Waals surface area (Å²) in [7, 11) is 1.67. The van der Waals surface area contributed by atoms with Gasteiger partial charge in [-0.1, -0.05) is 18.2 Å². The van der Waals surface area contributed by atoms with Crippen molar-refractivity contribution in [2.45, 2.75) is 38.0 Å². The van der Waals surface area contributed by atoms with Gasteiger partial charge in [-0.05, 0) is 37.4 Å². The van der Waals surface area contributed by atoms with Gasteiger partial charge in [0.2, 0.25) is 0 Å². The topological polar surface area (TPSA) is 41.6 Å². The number of nitrogens with one attached hydrogen (secondary N) is 1. The summed E-state index contributed by atoms with van der Waals surface area (Å²) >= 11 is 0. The molecule has 0 aromatic heterocycles. The molecule has 0 radical (unpaired) electrons. The first-order valence-corrected chi connectivity index (χ1v) is 7.41. The Bertz CT molecular complexity index is 481. The molecule has 1 aromatic rings. The molecule has 2 fully saturated rings. The molecule has 2 saturated heterocycles. The number of carbonyl (C=O) groups excluding carboxylic acids is 1. The molecule has 2 bridgehead atoms. The smallest absolute Gasteiger partial charge is 0.254 e. The zero-order chi connectivity index (χ0) is 13.9.